The summed E-state index contributed by atoms with van der Waals surface area (Å²) in [5.74, 6) is 1.13. The maximum absolute atomic E-state index is 6.15. The molecule has 29 heavy (non-hydrogen) atoms. The molecule has 6 rings (SSSR count). The van der Waals surface area contributed by atoms with Gasteiger partial charge in [-0.05, 0) is 61.7 Å². The first-order chi connectivity index (χ1) is 13.9. The maximum Gasteiger partial charge on any atom is 0.172 e. The van der Waals surface area contributed by atoms with Gasteiger partial charge in [-0.2, -0.15) is 0 Å². The molecular weight excluding hydrogens is 364 g/mol. The molecule has 1 spiro atoms. The van der Waals surface area contributed by atoms with Gasteiger partial charge in [0, 0.05) is 18.8 Å². The Kier molecular flexibility index (Phi) is 4.06. The van der Waals surface area contributed by atoms with Crippen LogP contribution in [0, 0.1) is 28.6 Å². The van der Waals surface area contributed by atoms with Crippen molar-refractivity contribution in [2.24, 2.45) is 28.6 Å². The van der Waals surface area contributed by atoms with Crippen molar-refractivity contribution in [1.82, 2.24) is 0 Å². The van der Waals surface area contributed by atoms with E-state index in [9.17, 15) is 0 Å². The third kappa shape index (κ3) is 2.52. The van der Waals surface area contributed by atoms with E-state index in [1.165, 1.54) is 32.1 Å². The SMILES string of the molecule is CC1([C@H]2CC[C@H]3C4=CC=C5CC6(CC[C@@]5(C)[C@@H]4CC[C@]23C)OCCO6)OCCO1. The Labute approximate surface area is 175 Å². The third-order valence-corrected chi connectivity index (χ3v) is 9.88. The number of hydrogen-bond donors (Lipinski definition) is 0. The van der Waals surface area contributed by atoms with E-state index in [4.69, 9.17) is 18.9 Å². The average molecular weight is 401 g/mol. The predicted molar refractivity (Wildman–Crippen MR) is 110 cm³/mol. The summed E-state index contributed by atoms with van der Waals surface area (Å²) in [5, 5.41) is 0. The molecule has 0 bridgehead atoms. The molecule has 0 aromatic heterocycles. The van der Waals surface area contributed by atoms with Gasteiger partial charge in [0.25, 0.3) is 0 Å². The van der Waals surface area contributed by atoms with Crippen LogP contribution in [0.2, 0.25) is 0 Å². The minimum Gasteiger partial charge on any atom is -0.348 e. The molecule has 5 atom stereocenters. The average Bonchev–Trinajstić information content (AvgIpc) is 3.42. The molecule has 0 radical (unpaired) electrons. The summed E-state index contributed by atoms with van der Waals surface area (Å²) < 4.78 is 24.4. The Morgan fingerprint density at radius 2 is 1.48 bits per heavy atom. The van der Waals surface area contributed by atoms with Gasteiger partial charge in [0.15, 0.2) is 11.6 Å². The Bertz CT molecular complexity index is 757. The molecule has 4 aliphatic carbocycles. The molecule has 2 heterocycles. The molecule has 4 heteroatoms. The van der Waals surface area contributed by atoms with Gasteiger partial charge in [-0.15, -0.1) is 0 Å². The summed E-state index contributed by atoms with van der Waals surface area (Å²) in [6.45, 7) is 10.2. The maximum atomic E-state index is 6.15. The lowest BCUT2D eigenvalue weighted by molar-refractivity contribution is -0.208. The standard InChI is InChI=1S/C25H36O4/c1-22-10-11-25(28-14-15-29-25)16-17(22)4-5-18-19-6-7-21(24(3)26-12-13-27-24)23(19,2)9-8-20(18)22/h4-5,19-21H,6-16H2,1-3H3/t19-,20+,21-,22+,23-/m0/s1. The summed E-state index contributed by atoms with van der Waals surface area (Å²) in [5.41, 5.74) is 3.84. The van der Waals surface area contributed by atoms with E-state index in [1.54, 1.807) is 11.1 Å². The summed E-state index contributed by atoms with van der Waals surface area (Å²) in [7, 11) is 0. The summed E-state index contributed by atoms with van der Waals surface area (Å²) in [6.07, 6.45) is 13.2. The molecule has 0 unspecified atom stereocenters. The van der Waals surface area contributed by atoms with Gasteiger partial charge in [0.1, 0.15) is 0 Å². The van der Waals surface area contributed by atoms with E-state index in [0.717, 1.165) is 39.3 Å². The smallest absolute Gasteiger partial charge is 0.172 e. The third-order valence-electron chi connectivity index (χ3n) is 9.88. The fourth-order valence-electron chi connectivity index (χ4n) is 8.29. The van der Waals surface area contributed by atoms with Crippen molar-refractivity contribution in [1.29, 1.82) is 0 Å². The van der Waals surface area contributed by atoms with Gasteiger partial charge in [-0.3, -0.25) is 0 Å². The summed E-state index contributed by atoms with van der Waals surface area (Å²) in [6, 6.07) is 0. The van der Waals surface area contributed by atoms with Crippen LogP contribution in [0.4, 0.5) is 0 Å². The highest BCUT2D eigenvalue weighted by atomic mass is 16.7. The van der Waals surface area contributed by atoms with Crippen molar-refractivity contribution in [3.63, 3.8) is 0 Å². The van der Waals surface area contributed by atoms with Gasteiger partial charge >= 0.3 is 0 Å². The van der Waals surface area contributed by atoms with Crippen molar-refractivity contribution >= 4 is 0 Å². The van der Waals surface area contributed by atoms with E-state index in [0.29, 0.717) is 17.8 Å². The van der Waals surface area contributed by atoms with Crippen molar-refractivity contribution in [3.8, 4) is 0 Å². The minimum atomic E-state index is -0.384. The second kappa shape index (κ2) is 6.18. The van der Waals surface area contributed by atoms with Crippen LogP contribution in [0.3, 0.4) is 0 Å². The number of hydrogen-bond acceptors (Lipinski definition) is 4. The van der Waals surface area contributed by atoms with E-state index in [2.05, 4.69) is 32.9 Å². The van der Waals surface area contributed by atoms with Crippen LogP contribution in [0.15, 0.2) is 23.3 Å². The molecule has 6 aliphatic rings. The number of fused-ring (bicyclic) bond motifs is 5. The second-order valence-electron chi connectivity index (χ2n) is 11.1. The largest absolute Gasteiger partial charge is 0.348 e. The highest BCUT2D eigenvalue weighted by Gasteiger charge is 2.62. The van der Waals surface area contributed by atoms with Crippen molar-refractivity contribution in [3.05, 3.63) is 23.3 Å². The molecule has 3 saturated carbocycles. The zero-order chi connectivity index (χ0) is 19.9. The lowest BCUT2D eigenvalue weighted by Crippen LogP contribution is -2.51. The predicted octanol–water partition coefficient (Wildman–Crippen LogP) is 4.99. The van der Waals surface area contributed by atoms with Crippen LogP contribution in [0.1, 0.15) is 65.7 Å². The van der Waals surface area contributed by atoms with Crippen LogP contribution < -0.4 is 0 Å². The van der Waals surface area contributed by atoms with Crippen LogP contribution in [-0.2, 0) is 18.9 Å². The van der Waals surface area contributed by atoms with Crippen LogP contribution in [-0.4, -0.2) is 38.0 Å². The number of rotatable bonds is 1. The molecule has 0 aromatic carbocycles. The molecule has 2 saturated heterocycles. The summed E-state index contributed by atoms with van der Waals surface area (Å²) >= 11 is 0. The normalized spacial score (nSPS) is 47.3. The van der Waals surface area contributed by atoms with E-state index >= 15 is 0 Å². The quantitative estimate of drug-likeness (QED) is 0.621. The number of allylic oxidation sites excluding steroid dienone is 3. The lowest BCUT2D eigenvalue weighted by atomic mass is 9.50. The molecule has 0 aromatic rings. The van der Waals surface area contributed by atoms with Crippen LogP contribution in [0.25, 0.3) is 0 Å². The molecule has 0 amide bonds. The first-order valence-electron chi connectivity index (χ1n) is 11.9. The Hall–Kier alpha value is -0.680. The van der Waals surface area contributed by atoms with E-state index in [-0.39, 0.29) is 22.4 Å². The molecule has 0 N–H and O–H groups in total. The molecule has 5 fully saturated rings. The topological polar surface area (TPSA) is 36.9 Å². The molecule has 4 nitrogen and oxygen atoms in total. The van der Waals surface area contributed by atoms with E-state index < -0.39 is 0 Å². The van der Waals surface area contributed by atoms with Gasteiger partial charge in [-0.25, -0.2) is 0 Å². The monoisotopic (exact) mass is 400 g/mol. The van der Waals surface area contributed by atoms with Crippen LogP contribution >= 0.6 is 0 Å². The fraction of sp³-hybridized carbons (Fsp3) is 0.840. The zero-order valence-electron chi connectivity index (χ0n) is 18.3. The minimum absolute atomic E-state index is 0.272. The van der Waals surface area contributed by atoms with Crippen molar-refractivity contribution in [2.45, 2.75) is 77.3 Å². The van der Waals surface area contributed by atoms with Gasteiger partial charge in [-0.1, -0.05) is 37.1 Å². The van der Waals surface area contributed by atoms with Crippen molar-refractivity contribution < 1.29 is 18.9 Å². The second-order valence-corrected chi connectivity index (χ2v) is 11.1. The van der Waals surface area contributed by atoms with Gasteiger partial charge in [0.2, 0.25) is 0 Å². The lowest BCUT2D eigenvalue weighted by Gasteiger charge is -2.56. The molecule has 160 valence electrons. The Morgan fingerprint density at radius 3 is 2.24 bits per heavy atom. The zero-order valence-corrected chi connectivity index (χ0v) is 18.3. The fourth-order valence-corrected chi connectivity index (χ4v) is 8.29. The first-order valence-corrected chi connectivity index (χ1v) is 11.9. The molecular formula is C25H36O4. The van der Waals surface area contributed by atoms with Crippen molar-refractivity contribution in [2.75, 3.05) is 26.4 Å². The van der Waals surface area contributed by atoms with Gasteiger partial charge < -0.3 is 18.9 Å². The highest BCUT2D eigenvalue weighted by molar-refractivity contribution is 5.39. The molecule has 2 aliphatic heterocycles. The van der Waals surface area contributed by atoms with Gasteiger partial charge in [0.05, 0.1) is 26.4 Å². The Balaban J connectivity index is 1.33. The van der Waals surface area contributed by atoms with E-state index in [1.807, 2.05) is 0 Å². The number of ether oxygens (including phenoxy) is 4. The highest BCUT2D eigenvalue weighted by Crippen LogP contribution is 2.67. The summed E-state index contributed by atoms with van der Waals surface area (Å²) in [4.78, 5) is 0. The first kappa shape index (κ1) is 19.0. The van der Waals surface area contributed by atoms with Crippen LogP contribution in [0.5, 0.6) is 0 Å². The Morgan fingerprint density at radius 1 is 0.759 bits per heavy atom.